The molecule has 0 aliphatic heterocycles. The van der Waals surface area contributed by atoms with Crippen molar-refractivity contribution in [3.63, 3.8) is 0 Å². The molecule has 0 heterocycles. The molecule has 0 spiro atoms. The van der Waals surface area contributed by atoms with Crippen LogP contribution in [0.2, 0.25) is 0 Å². The van der Waals surface area contributed by atoms with Gasteiger partial charge in [0, 0.05) is 12.8 Å². The molecular formula is C17H20O4. The molecule has 1 aromatic rings. The van der Waals surface area contributed by atoms with Crippen LogP contribution in [0.5, 0.6) is 5.75 Å². The van der Waals surface area contributed by atoms with E-state index in [-0.39, 0.29) is 24.8 Å². The predicted octanol–water partition coefficient (Wildman–Crippen LogP) is 2.81. The van der Waals surface area contributed by atoms with Crippen molar-refractivity contribution >= 4 is 11.8 Å². The van der Waals surface area contributed by atoms with Crippen LogP contribution in [0.1, 0.15) is 31.2 Å². The number of ketones is 1. The van der Waals surface area contributed by atoms with Crippen molar-refractivity contribution in [2.75, 3.05) is 13.7 Å². The Hall–Kier alpha value is -2.10. The molecule has 21 heavy (non-hydrogen) atoms. The van der Waals surface area contributed by atoms with Gasteiger partial charge in [-0.15, -0.1) is 0 Å². The molecule has 0 amide bonds. The average Bonchev–Trinajstić information content (AvgIpc) is 2.52. The number of esters is 1. The molecule has 4 heteroatoms. The summed E-state index contributed by atoms with van der Waals surface area (Å²) in [7, 11) is 1.58. The van der Waals surface area contributed by atoms with Crippen LogP contribution >= 0.6 is 0 Å². The zero-order chi connectivity index (χ0) is 15.3. The van der Waals surface area contributed by atoms with Gasteiger partial charge in [0.1, 0.15) is 18.1 Å². The Labute approximate surface area is 124 Å². The monoisotopic (exact) mass is 288 g/mol. The summed E-state index contributed by atoms with van der Waals surface area (Å²) in [6.07, 6.45) is 3.56. The lowest BCUT2D eigenvalue weighted by atomic mass is 9.69. The van der Waals surface area contributed by atoms with Crippen LogP contribution in [-0.2, 0) is 19.7 Å². The maximum atomic E-state index is 12.6. The van der Waals surface area contributed by atoms with Gasteiger partial charge in [-0.25, -0.2) is 0 Å². The van der Waals surface area contributed by atoms with Gasteiger partial charge in [-0.2, -0.15) is 0 Å². The van der Waals surface area contributed by atoms with Crippen LogP contribution in [0.25, 0.3) is 0 Å². The lowest BCUT2D eigenvalue weighted by Crippen LogP contribution is -2.42. The smallest absolute Gasteiger partial charge is 0.317 e. The quantitative estimate of drug-likeness (QED) is 0.617. The second kappa shape index (κ2) is 6.57. The van der Waals surface area contributed by atoms with E-state index in [1.54, 1.807) is 7.11 Å². The number of ether oxygens (including phenoxy) is 2. The van der Waals surface area contributed by atoms with E-state index in [1.807, 2.05) is 24.3 Å². The van der Waals surface area contributed by atoms with Crippen LogP contribution in [0, 0.1) is 0 Å². The second-order valence-corrected chi connectivity index (χ2v) is 5.27. The molecule has 1 unspecified atom stereocenters. The summed E-state index contributed by atoms with van der Waals surface area (Å²) >= 11 is 0. The Balaban J connectivity index is 2.41. The van der Waals surface area contributed by atoms with Crippen molar-refractivity contribution in [3.05, 3.63) is 42.5 Å². The van der Waals surface area contributed by atoms with Crippen molar-refractivity contribution in [1.29, 1.82) is 0 Å². The molecule has 1 atom stereocenters. The molecule has 0 bridgehead atoms. The van der Waals surface area contributed by atoms with E-state index in [0.717, 1.165) is 5.56 Å². The normalized spacial score (nSPS) is 21.7. The maximum Gasteiger partial charge on any atom is 0.317 e. The molecule has 112 valence electrons. The van der Waals surface area contributed by atoms with Crippen molar-refractivity contribution < 1.29 is 19.1 Å². The van der Waals surface area contributed by atoms with Crippen molar-refractivity contribution in [3.8, 4) is 5.75 Å². The Morgan fingerprint density at radius 2 is 2.29 bits per heavy atom. The van der Waals surface area contributed by atoms with E-state index in [1.165, 1.54) is 6.08 Å². The molecule has 1 fully saturated rings. The number of benzene rings is 1. The van der Waals surface area contributed by atoms with Gasteiger partial charge in [0.15, 0.2) is 0 Å². The van der Waals surface area contributed by atoms with E-state index in [4.69, 9.17) is 9.47 Å². The number of hydrogen-bond donors (Lipinski definition) is 0. The zero-order valence-electron chi connectivity index (χ0n) is 12.3. The van der Waals surface area contributed by atoms with E-state index in [9.17, 15) is 9.59 Å². The standard InChI is InChI=1S/C17H20O4/c1-3-10-21-16(19)17(9-5-7-14(18)12-17)13-6-4-8-15(11-13)20-2/h3-4,6,8,11H,1,5,7,9-10,12H2,2H3. The maximum absolute atomic E-state index is 12.6. The second-order valence-electron chi connectivity index (χ2n) is 5.27. The molecule has 0 radical (unpaired) electrons. The van der Waals surface area contributed by atoms with Gasteiger partial charge < -0.3 is 9.47 Å². The summed E-state index contributed by atoms with van der Waals surface area (Å²) < 4.78 is 10.5. The lowest BCUT2D eigenvalue weighted by molar-refractivity contribution is -0.153. The summed E-state index contributed by atoms with van der Waals surface area (Å²) in [5, 5.41) is 0. The predicted molar refractivity (Wildman–Crippen MR) is 79.3 cm³/mol. The van der Waals surface area contributed by atoms with E-state index in [2.05, 4.69) is 6.58 Å². The molecule has 0 N–H and O–H groups in total. The van der Waals surface area contributed by atoms with Crippen LogP contribution < -0.4 is 4.74 Å². The zero-order valence-corrected chi connectivity index (χ0v) is 12.3. The van der Waals surface area contributed by atoms with E-state index < -0.39 is 5.41 Å². The third-order valence-corrected chi connectivity index (χ3v) is 3.90. The Morgan fingerprint density at radius 3 is 2.95 bits per heavy atom. The summed E-state index contributed by atoms with van der Waals surface area (Å²) in [6, 6.07) is 7.32. The highest BCUT2D eigenvalue weighted by molar-refractivity contribution is 5.92. The van der Waals surface area contributed by atoms with Crippen LogP contribution in [-0.4, -0.2) is 25.5 Å². The van der Waals surface area contributed by atoms with Crippen LogP contribution in [0.3, 0.4) is 0 Å². The minimum absolute atomic E-state index is 0.0969. The van der Waals surface area contributed by atoms with E-state index >= 15 is 0 Å². The van der Waals surface area contributed by atoms with Gasteiger partial charge in [0.2, 0.25) is 0 Å². The molecule has 0 saturated heterocycles. The minimum Gasteiger partial charge on any atom is -0.497 e. The molecule has 1 saturated carbocycles. The molecular weight excluding hydrogens is 268 g/mol. The number of Topliss-reactive ketones (excluding diaryl/α,β-unsaturated/α-hetero) is 1. The first-order chi connectivity index (χ1) is 10.1. The first-order valence-electron chi connectivity index (χ1n) is 7.07. The summed E-state index contributed by atoms with van der Waals surface area (Å²) in [5.41, 5.74) is -0.115. The number of carbonyl (C=O) groups is 2. The summed E-state index contributed by atoms with van der Waals surface area (Å²) in [6.45, 7) is 3.70. The highest BCUT2D eigenvalue weighted by atomic mass is 16.5. The van der Waals surface area contributed by atoms with Crippen LogP contribution in [0.4, 0.5) is 0 Å². The fourth-order valence-electron chi connectivity index (χ4n) is 2.83. The topological polar surface area (TPSA) is 52.6 Å². The largest absolute Gasteiger partial charge is 0.497 e. The molecule has 0 aromatic heterocycles. The van der Waals surface area contributed by atoms with Gasteiger partial charge in [-0.3, -0.25) is 9.59 Å². The molecule has 1 aliphatic carbocycles. The van der Waals surface area contributed by atoms with Gasteiger partial charge in [-0.1, -0.05) is 24.8 Å². The summed E-state index contributed by atoms with van der Waals surface area (Å²) in [5.74, 6) is 0.407. The van der Waals surface area contributed by atoms with Gasteiger partial charge in [0.05, 0.1) is 12.5 Å². The van der Waals surface area contributed by atoms with Gasteiger partial charge in [-0.05, 0) is 30.5 Å². The third kappa shape index (κ3) is 3.15. The Morgan fingerprint density at radius 1 is 1.48 bits per heavy atom. The number of rotatable bonds is 5. The van der Waals surface area contributed by atoms with Gasteiger partial charge >= 0.3 is 5.97 Å². The number of hydrogen-bond acceptors (Lipinski definition) is 4. The SMILES string of the molecule is C=CCOC(=O)C1(c2cccc(OC)c2)CCCC(=O)C1. The van der Waals surface area contributed by atoms with Crippen LogP contribution in [0.15, 0.2) is 36.9 Å². The molecule has 1 aliphatic rings. The van der Waals surface area contributed by atoms with Gasteiger partial charge in [0.25, 0.3) is 0 Å². The Bertz CT molecular complexity index is 549. The fourth-order valence-corrected chi connectivity index (χ4v) is 2.83. The number of carbonyl (C=O) groups excluding carboxylic acids is 2. The lowest BCUT2D eigenvalue weighted by Gasteiger charge is -2.34. The molecule has 1 aromatic carbocycles. The van der Waals surface area contributed by atoms with Crippen molar-refractivity contribution in [2.45, 2.75) is 31.1 Å². The summed E-state index contributed by atoms with van der Waals surface area (Å²) in [4.78, 5) is 24.5. The molecule has 2 rings (SSSR count). The van der Waals surface area contributed by atoms with Crippen molar-refractivity contribution in [1.82, 2.24) is 0 Å². The molecule has 4 nitrogen and oxygen atoms in total. The highest BCUT2D eigenvalue weighted by Gasteiger charge is 2.45. The first-order valence-corrected chi connectivity index (χ1v) is 7.07. The minimum atomic E-state index is -0.896. The van der Waals surface area contributed by atoms with Crippen molar-refractivity contribution in [2.24, 2.45) is 0 Å². The van der Waals surface area contributed by atoms with E-state index in [0.29, 0.717) is 25.0 Å². The first kappa shape index (κ1) is 15.3. The Kier molecular flexibility index (Phi) is 4.78. The fraction of sp³-hybridized carbons (Fsp3) is 0.412. The third-order valence-electron chi connectivity index (χ3n) is 3.90. The average molecular weight is 288 g/mol. The number of methoxy groups -OCH3 is 1. The highest BCUT2D eigenvalue weighted by Crippen LogP contribution is 2.40.